The van der Waals surface area contributed by atoms with Crippen LogP contribution in [0.1, 0.15) is 86.4 Å². The van der Waals surface area contributed by atoms with Crippen molar-refractivity contribution < 1.29 is 28.7 Å². The Labute approximate surface area is 241 Å². The lowest BCUT2D eigenvalue weighted by Crippen LogP contribution is -2.13. The van der Waals surface area contributed by atoms with Crippen molar-refractivity contribution in [3.8, 4) is 22.6 Å². The summed E-state index contributed by atoms with van der Waals surface area (Å²) >= 11 is 0. The molecule has 0 radical (unpaired) electrons. The van der Waals surface area contributed by atoms with E-state index in [1.165, 1.54) is 44.2 Å². The van der Waals surface area contributed by atoms with Crippen molar-refractivity contribution in [1.82, 2.24) is 0 Å². The van der Waals surface area contributed by atoms with E-state index in [2.05, 4.69) is 6.92 Å². The zero-order valence-electron chi connectivity index (χ0n) is 24.1. The molecule has 0 bridgehead atoms. The maximum Gasteiger partial charge on any atom is 0.343 e. The highest BCUT2D eigenvalue weighted by molar-refractivity contribution is 5.93. The first-order valence-electron chi connectivity index (χ1n) is 14.3. The van der Waals surface area contributed by atoms with Crippen molar-refractivity contribution in [2.24, 2.45) is 5.92 Å². The van der Waals surface area contributed by atoms with Gasteiger partial charge in [0, 0.05) is 6.07 Å². The molecule has 0 spiro atoms. The smallest absolute Gasteiger partial charge is 0.343 e. The second-order valence-corrected chi connectivity index (χ2v) is 10.2. The van der Waals surface area contributed by atoms with Gasteiger partial charge in [-0.05, 0) is 59.9 Å². The van der Waals surface area contributed by atoms with Crippen LogP contribution in [0.3, 0.4) is 0 Å². The molecule has 0 saturated carbocycles. The summed E-state index contributed by atoms with van der Waals surface area (Å²) in [6.07, 6.45) is 8.13. The van der Waals surface area contributed by atoms with Gasteiger partial charge in [0.25, 0.3) is 0 Å². The summed E-state index contributed by atoms with van der Waals surface area (Å²) in [6.45, 7) is 7.04. The highest BCUT2D eigenvalue weighted by Gasteiger charge is 2.22. The van der Waals surface area contributed by atoms with E-state index in [1.54, 1.807) is 24.3 Å². The highest BCUT2D eigenvalue weighted by atomic mass is 16.6. The molecule has 0 N–H and O–H groups in total. The van der Waals surface area contributed by atoms with Crippen LogP contribution in [0.25, 0.3) is 11.1 Å². The van der Waals surface area contributed by atoms with Crippen LogP contribution in [-0.4, -0.2) is 30.1 Å². The standard InChI is InChI=1S/C33H39NO7/c1-4-6-7-8-9-10-21-39-29-18-15-26(16-19-29)25-11-13-27(14-12-25)33(36)41-31-20-17-28(22-30(31)34(37)38)32(35)40-23-24(3)5-2/h11-20,22,24H,4-10,21,23H2,1-3H3. The number of hydrogen-bond acceptors (Lipinski definition) is 7. The molecular formula is C33H39NO7. The predicted molar refractivity (Wildman–Crippen MR) is 159 cm³/mol. The van der Waals surface area contributed by atoms with E-state index in [0.717, 1.165) is 35.8 Å². The van der Waals surface area contributed by atoms with E-state index in [0.29, 0.717) is 6.61 Å². The quantitative estimate of drug-likeness (QED) is 0.0568. The SMILES string of the molecule is CCCCCCCCOc1ccc(-c2ccc(C(=O)Oc3ccc(C(=O)OCC(C)CC)cc3[N+](=O)[O-])cc2)cc1. The number of nitro groups is 1. The third-order valence-corrected chi connectivity index (χ3v) is 6.86. The van der Waals surface area contributed by atoms with Crippen LogP contribution < -0.4 is 9.47 Å². The van der Waals surface area contributed by atoms with Gasteiger partial charge in [-0.15, -0.1) is 0 Å². The van der Waals surface area contributed by atoms with Crippen LogP contribution in [0.5, 0.6) is 11.5 Å². The minimum absolute atomic E-state index is 0.0167. The predicted octanol–water partition coefficient (Wildman–Crippen LogP) is 8.42. The number of benzene rings is 3. The van der Waals surface area contributed by atoms with Crippen molar-refractivity contribution in [2.45, 2.75) is 65.7 Å². The summed E-state index contributed by atoms with van der Waals surface area (Å²) in [7, 11) is 0. The number of nitrogens with zero attached hydrogens (tertiary/aromatic N) is 1. The second-order valence-electron chi connectivity index (χ2n) is 10.2. The summed E-state index contributed by atoms with van der Waals surface area (Å²) in [5.41, 5.74) is 1.62. The molecule has 0 aliphatic carbocycles. The Bertz CT molecular complexity index is 1290. The lowest BCUT2D eigenvalue weighted by molar-refractivity contribution is -0.385. The number of carbonyl (C=O) groups excluding carboxylic acids is 2. The van der Waals surface area contributed by atoms with Gasteiger partial charge in [-0.3, -0.25) is 10.1 Å². The molecule has 3 aromatic rings. The molecule has 218 valence electrons. The van der Waals surface area contributed by atoms with Crippen LogP contribution in [0, 0.1) is 16.0 Å². The van der Waals surface area contributed by atoms with E-state index < -0.39 is 22.5 Å². The zero-order chi connectivity index (χ0) is 29.6. The largest absolute Gasteiger partial charge is 0.494 e. The van der Waals surface area contributed by atoms with Gasteiger partial charge in [0.2, 0.25) is 5.75 Å². The molecule has 1 atom stereocenters. The molecule has 0 aromatic heterocycles. The second kappa shape index (κ2) is 16.2. The summed E-state index contributed by atoms with van der Waals surface area (Å²) in [4.78, 5) is 36.0. The van der Waals surface area contributed by atoms with Crippen LogP contribution >= 0.6 is 0 Å². The third kappa shape index (κ3) is 9.74. The van der Waals surface area contributed by atoms with Gasteiger partial charge in [-0.2, -0.15) is 0 Å². The van der Waals surface area contributed by atoms with Gasteiger partial charge in [0.15, 0.2) is 0 Å². The van der Waals surface area contributed by atoms with E-state index >= 15 is 0 Å². The Morgan fingerprint density at radius 3 is 2.05 bits per heavy atom. The lowest BCUT2D eigenvalue weighted by atomic mass is 10.0. The van der Waals surface area contributed by atoms with Crippen molar-refractivity contribution in [2.75, 3.05) is 13.2 Å². The maximum absolute atomic E-state index is 12.8. The Hall–Kier alpha value is -4.20. The molecule has 8 nitrogen and oxygen atoms in total. The number of nitro benzene ring substituents is 1. The molecule has 8 heteroatoms. The van der Waals surface area contributed by atoms with Crippen LogP contribution in [0.4, 0.5) is 5.69 Å². The summed E-state index contributed by atoms with van der Waals surface area (Å²) in [5, 5.41) is 11.6. The molecule has 0 aliphatic rings. The number of carbonyl (C=O) groups is 2. The fourth-order valence-electron chi connectivity index (χ4n) is 4.07. The molecule has 0 amide bonds. The third-order valence-electron chi connectivity index (χ3n) is 6.86. The summed E-state index contributed by atoms with van der Waals surface area (Å²) in [5.74, 6) is -0.670. The zero-order valence-corrected chi connectivity index (χ0v) is 24.1. The fraction of sp³-hybridized carbons (Fsp3) is 0.394. The lowest BCUT2D eigenvalue weighted by Gasteiger charge is -2.10. The monoisotopic (exact) mass is 561 g/mol. The molecule has 0 fully saturated rings. The van der Waals surface area contributed by atoms with Gasteiger partial charge in [-0.25, -0.2) is 9.59 Å². The fourth-order valence-corrected chi connectivity index (χ4v) is 4.07. The van der Waals surface area contributed by atoms with E-state index in [-0.39, 0.29) is 29.4 Å². The molecular weight excluding hydrogens is 522 g/mol. The van der Waals surface area contributed by atoms with Gasteiger partial charge < -0.3 is 14.2 Å². The van der Waals surface area contributed by atoms with Gasteiger partial charge in [-0.1, -0.05) is 83.6 Å². The molecule has 1 unspecified atom stereocenters. The van der Waals surface area contributed by atoms with Crippen LogP contribution in [0.2, 0.25) is 0 Å². The minimum Gasteiger partial charge on any atom is -0.494 e. The first kappa shape index (κ1) is 31.3. The molecule has 0 heterocycles. The minimum atomic E-state index is -0.745. The highest BCUT2D eigenvalue weighted by Crippen LogP contribution is 2.30. The molecule has 3 rings (SSSR count). The number of unbranched alkanes of at least 4 members (excludes halogenated alkanes) is 5. The Morgan fingerprint density at radius 1 is 0.805 bits per heavy atom. The Morgan fingerprint density at radius 2 is 1.41 bits per heavy atom. The van der Waals surface area contributed by atoms with Gasteiger partial charge in [0.05, 0.1) is 29.3 Å². The normalized spacial score (nSPS) is 11.5. The summed E-state index contributed by atoms with van der Waals surface area (Å²) < 4.78 is 16.4. The first-order chi connectivity index (χ1) is 19.8. The van der Waals surface area contributed by atoms with Crippen LogP contribution in [0.15, 0.2) is 66.7 Å². The van der Waals surface area contributed by atoms with Gasteiger partial charge >= 0.3 is 17.6 Å². The topological polar surface area (TPSA) is 105 Å². The van der Waals surface area contributed by atoms with Crippen LogP contribution in [-0.2, 0) is 4.74 Å². The van der Waals surface area contributed by atoms with Crippen molar-refractivity contribution in [1.29, 1.82) is 0 Å². The molecule has 3 aromatic carbocycles. The maximum atomic E-state index is 12.8. The van der Waals surface area contributed by atoms with E-state index in [4.69, 9.17) is 14.2 Å². The molecule has 0 aliphatic heterocycles. The van der Waals surface area contributed by atoms with E-state index in [9.17, 15) is 19.7 Å². The van der Waals surface area contributed by atoms with E-state index in [1.807, 2.05) is 38.1 Å². The van der Waals surface area contributed by atoms with Crippen molar-refractivity contribution >= 4 is 17.6 Å². The van der Waals surface area contributed by atoms with Gasteiger partial charge in [0.1, 0.15) is 5.75 Å². The average Bonchev–Trinajstić information content (AvgIpc) is 2.99. The Kier molecular flexibility index (Phi) is 12.3. The first-order valence-corrected chi connectivity index (χ1v) is 14.3. The summed E-state index contributed by atoms with van der Waals surface area (Å²) in [6, 6.07) is 18.2. The molecule has 0 saturated heterocycles. The average molecular weight is 562 g/mol. The van der Waals surface area contributed by atoms with Crippen molar-refractivity contribution in [3.63, 3.8) is 0 Å². The Balaban J connectivity index is 1.58. The molecule has 41 heavy (non-hydrogen) atoms. The number of esters is 2. The number of ether oxygens (including phenoxy) is 3. The number of hydrogen-bond donors (Lipinski definition) is 0. The van der Waals surface area contributed by atoms with Crippen molar-refractivity contribution in [3.05, 3.63) is 88.0 Å². The number of rotatable bonds is 16.